The van der Waals surface area contributed by atoms with Crippen LogP contribution in [0, 0.1) is 0 Å². The second-order valence-corrected chi connectivity index (χ2v) is 5.25. The van der Waals surface area contributed by atoms with Crippen LogP contribution in [0.5, 0.6) is 5.75 Å². The molecule has 1 fully saturated rings. The minimum absolute atomic E-state index is 0. The predicted molar refractivity (Wildman–Crippen MR) is 101 cm³/mol. The smallest absolute Gasteiger partial charge is 0.191 e. The molecule has 0 spiro atoms. The van der Waals surface area contributed by atoms with Gasteiger partial charge in [-0.15, -0.1) is 24.0 Å². The summed E-state index contributed by atoms with van der Waals surface area (Å²) in [7, 11) is 1.75. The molecule has 1 unspecified atom stereocenters. The largest absolute Gasteiger partial charge is 0.492 e. The first-order valence-electron chi connectivity index (χ1n) is 7.22. The van der Waals surface area contributed by atoms with Crippen LogP contribution < -0.4 is 15.4 Å². The molecule has 0 aromatic heterocycles. The number of rotatable bonds is 6. The highest BCUT2D eigenvalue weighted by atomic mass is 127. The summed E-state index contributed by atoms with van der Waals surface area (Å²) in [5.41, 5.74) is 0. The number of nitrogens with zero attached hydrogens (tertiary/aromatic N) is 1. The Kier molecular flexibility index (Phi) is 9.58. The molecule has 0 radical (unpaired) electrons. The Balaban J connectivity index is 0.00000242. The Morgan fingerprint density at radius 3 is 2.77 bits per heavy atom. The second kappa shape index (κ2) is 10.9. The van der Waals surface area contributed by atoms with Crippen LogP contribution in [0.3, 0.4) is 0 Å². The lowest BCUT2D eigenvalue weighted by atomic mass is 10.2. The van der Waals surface area contributed by atoms with Gasteiger partial charge >= 0.3 is 0 Å². The van der Waals surface area contributed by atoms with Crippen LogP contribution in [-0.2, 0) is 4.74 Å². The van der Waals surface area contributed by atoms with Crippen molar-refractivity contribution in [3.05, 3.63) is 29.3 Å². The highest BCUT2D eigenvalue weighted by molar-refractivity contribution is 14.0. The van der Waals surface area contributed by atoms with Crippen LogP contribution in [0.2, 0.25) is 5.02 Å². The van der Waals surface area contributed by atoms with E-state index in [0.29, 0.717) is 24.3 Å². The molecule has 0 bridgehead atoms. The normalized spacial score (nSPS) is 17.7. The van der Waals surface area contributed by atoms with Crippen LogP contribution in [0.15, 0.2) is 29.3 Å². The van der Waals surface area contributed by atoms with Crippen molar-refractivity contribution in [1.82, 2.24) is 10.6 Å². The molecule has 7 heteroatoms. The van der Waals surface area contributed by atoms with Crippen molar-refractivity contribution in [2.24, 2.45) is 4.99 Å². The summed E-state index contributed by atoms with van der Waals surface area (Å²) in [6.45, 7) is 2.89. The molecule has 1 aliphatic heterocycles. The molecular weight excluding hydrogens is 417 g/mol. The van der Waals surface area contributed by atoms with Crippen LogP contribution in [0.25, 0.3) is 0 Å². The van der Waals surface area contributed by atoms with Gasteiger partial charge in [-0.3, -0.25) is 4.99 Å². The van der Waals surface area contributed by atoms with Gasteiger partial charge in [-0.2, -0.15) is 0 Å². The first kappa shape index (κ1) is 19.3. The lowest BCUT2D eigenvalue weighted by Gasteiger charge is -2.15. The monoisotopic (exact) mass is 439 g/mol. The molecule has 1 aliphatic rings. The van der Waals surface area contributed by atoms with E-state index in [9.17, 15) is 0 Å². The Bertz CT molecular complexity index is 451. The molecule has 1 saturated heterocycles. The van der Waals surface area contributed by atoms with E-state index in [1.165, 1.54) is 0 Å². The van der Waals surface area contributed by atoms with Crippen LogP contribution >= 0.6 is 35.6 Å². The topological polar surface area (TPSA) is 54.9 Å². The maximum absolute atomic E-state index is 5.82. The van der Waals surface area contributed by atoms with Gasteiger partial charge in [0.2, 0.25) is 0 Å². The number of hydrogen-bond acceptors (Lipinski definition) is 3. The van der Waals surface area contributed by atoms with Crippen LogP contribution in [0.4, 0.5) is 0 Å². The van der Waals surface area contributed by atoms with E-state index < -0.39 is 0 Å². The van der Waals surface area contributed by atoms with Crippen LogP contribution in [-0.4, -0.2) is 45.4 Å². The van der Waals surface area contributed by atoms with E-state index in [-0.39, 0.29) is 24.0 Å². The van der Waals surface area contributed by atoms with Gasteiger partial charge in [0.1, 0.15) is 12.4 Å². The number of halogens is 2. The SMILES string of the molecule is CN=C(NCCOc1ccc(Cl)cc1)NCC1CCCO1.I. The second-order valence-electron chi connectivity index (χ2n) is 4.82. The average Bonchev–Trinajstić information content (AvgIpc) is 3.02. The minimum Gasteiger partial charge on any atom is -0.492 e. The number of hydrogen-bond donors (Lipinski definition) is 2. The van der Waals surface area contributed by atoms with E-state index in [4.69, 9.17) is 21.1 Å². The third-order valence-electron chi connectivity index (χ3n) is 3.22. The molecule has 0 amide bonds. The summed E-state index contributed by atoms with van der Waals surface area (Å²) in [5.74, 6) is 1.58. The van der Waals surface area contributed by atoms with Gasteiger partial charge in [0, 0.05) is 25.2 Å². The van der Waals surface area contributed by atoms with E-state index in [2.05, 4.69) is 15.6 Å². The van der Waals surface area contributed by atoms with Gasteiger partial charge in [0.25, 0.3) is 0 Å². The number of benzene rings is 1. The molecule has 0 saturated carbocycles. The molecule has 2 rings (SSSR count). The molecule has 0 aliphatic carbocycles. The number of guanidine groups is 1. The van der Waals surface area contributed by atoms with Crippen molar-refractivity contribution in [3.8, 4) is 5.75 Å². The fraction of sp³-hybridized carbons (Fsp3) is 0.533. The van der Waals surface area contributed by atoms with Crippen molar-refractivity contribution in [2.75, 3.05) is 33.4 Å². The maximum atomic E-state index is 5.82. The molecule has 124 valence electrons. The Hall–Kier alpha value is -0.730. The minimum atomic E-state index is 0. The summed E-state index contributed by atoms with van der Waals surface area (Å²) in [5, 5.41) is 7.17. The first-order chi connectivity index (χ1) is 10.3. The number of ether oxygens (including phenoxy) is 2. The molecule has 1 heterocycles. The van der Waals surface area contributed by atoms with E-state index >= 15 is 0 Å². The summed E-state index contributed by atoms with van der Waals surface area (Å²) in [6.07, 6.45) is 2.56. The van der Waals surface area contributed by atoms with Gasteiger partial charge < -0.3 is 20.1 Å². The van der Waals surface area contributed by atoms with Gasteiger partial charge in [-0.1, -0.05) is 11.6 Å². The van der Waals surface area contributed by atoms with Crippen molar-refractivity contribution in [2.45, 2.75) is 18.9 Å². The van der Waals surface area contributed by atoms with Crippen molar-refractivity contribution >= 4 is 41.5 Å². The van der Waals surface area contributed by atoms with Crippen molar-refractivity contribution in [1.29, 1.82) is 0 Å². The fourth-order valence-corrected chi connectivity index (χ4v) is 2.23. The van der Waals surface area contributed by atoms with Crippen molar-refractivity contribution < 1.29 is 9.47 Å². The zero-order valence-corrected chi connectivity index (χ0v) is 15.8. The molecular formula is C15H23ClIN3O2. The third kappa shape index (κ3) is 7.02. The van der Waals surface area contributed by atoms with Crippen LogP contribution in [0.1, 0.15) is 12.8 Å². The Labute approximate surface area is 153 Å². The van der Waals surface area contributed by atoms with E-state index in [1.54, 1.807) is 7.05 Å². The highest BCUT2D eigenvalue weighted by Gasteiger charge is 2.15. The maximum Gasteiger partial charge on any atom is 0.191 e. The Morgan fingerprint density at radius 1 is 1.36 bits per heavy atom. The lowest BCUT2D eigenvalue weighted by Crippen LogP contribution is -2.42. The quantitative estimate of drug-likeness (QED) is 0.310. The predicted octanol–water partition coefficient (Wildman–Crippen LogP) is 2.68. The fourth-order valence-electron chi connectivity index (χ4n) is 2.11. The summed E-state index contributed by atoms with van der Waals surface area (Å²) in [4.78, 5) is 4.17. The molecule has 1 aromatic carbocycles. The molecule has 22 heavy (non-hydrogen) atoms. The standard InChI is InChI=1S/C15H22ClN3O2.HI/c1-17-15(19-11-14-3-2-9-20-14)18-8-10-21-13-6-4-12(16)5-7-13;/h4-7,14H,2-3,8-11H2,1H3,(H2,17,18,19);1H. The third-order valence-corrected chi connectivity index (χ3v) is 3.47. The van der Waals surface area contributed by atoms with E-state index in [0.717, 1.165) is 37.7 Å². The Morgan fingerprint density at radius 2 is 2.14 bits per heavy atom. The number of nitrogens with one attached hydrogen (secondary N) is 2. The van der Waals surface area contributed by atoms with E-state index in [1.807, 2.05) is 24.3 Å². The molecule has 1 aromatic rings. The van der Waals surface area contributed by atoms with Gasteiger partial charge in [-0.05, 0) is 37.1 Å². The van der Waals surface area contributed by atoms with Crippen molar-refractivity contribution in [3.63, 3.8) is 0 Å². The number of aliphatic imine (C=N–C) groups is 1. The van der Waals surface area contributed by atoms with Gasteiger partial charge in [-0.25, -0.2) is 0 Å². The lowest BCUT2D eigenvalue weighted by molar-refractivity contribution is 0.114. The molecule has 5 nitrogen and oxygen atoms in total. The average molecular weight is 440 g/mol. The first-order valence-corrected chi connectivity index (χ1v) is 7.60. The summed E-state index contributed by atoms with van der Waals surface area (Å²) < 4.78 is 11.2. The molecule has 1 atom stereocenters. The van der Waals surface area contributed by atoms with Gasteiger partial charge in [0.15, 0.2) is 5.96 Å². The zero-order valence-electron chi connectivity index (χ0n) is 12.7. The summed E-state index contributed by atoms with van der Waals surface area (Å²) in [6, 6.07) is 7.33. The highest BCUT2D eigenvalue weighted by Crippen LogP contribution is 2.15. The molecule has 2 N–H and O–H groups in total. The zero-order chi connectivity index (χ0) is 14.9. The summed E-state index contributed by atoms with van der Waals surface area (Å²) >= 11 is 5.82. The van der Waals surface area contributed by atoms with Gasteiger partial charge in [0.05, 0.1) is 12.6 Å².